The number of ether oxygens (including phenoxy) is 1. The zero-order chi connectivity index (χ0) is 13.2. The third-order valence-electron chi connectivity index (χ3n) is 1.90. The number of nitrogens with two attached hydrogens (primary N) is 2. The van der Waals surface area contributed by atoms with Crippen molar-refractivity contribution in [2.24, 2.45) is 5.73 Å². The van der Waals surface area contributed by atoms with Crippen molar-refractivity contribution in [3.8, 4) is 5.75 Å². The highest BCUT2D eigenvalue weighted by Gasteiger charge is 2.21. The summed E-state index contributed by atoms with van der Waals surface area (Å²) in [6.07, 6.45) is -0.0136. The second-order valence-corrected chi connectivity index (χ2v) is 5.35. The van der Waals surface area contributed by atoms with Crippen LogP contribution < -0.4 is 21.5 Å². The first-order valence-electron chi connectivity index (χ1n) is 5.48. The summed E-state index contributed by atoms with van der Waals surface area (Å²) in [4.78, 5) is 11.6. The predicted molar refractivity (Wildman–Crippen MR) is 71.8 cm³/mol. The molecule has 1 heterocycles. The van der Waals surface area contributed by atoms with Crippen LogP contribution in [-0.4, -0.2) is 18.1 Å². The average Bonchev–Trinajstić information content (AvgIpc) is 2.44. The number of anilines is 2. The molecular weight excluding hydrogens is 238 g/mol. The minimum atomic E-state index is -0.530. The molecule has 6 heteroatoms. The van der Waals surface area contributed by atoms with Crippen molar-refractivity contribution in [3.63, 3.8) is 0 Å². The summed E-state index contributed by atoms with van der Waals surface area (Å²) in [6.45, 7) is 7.80. The van der Waals surface area contributed by atoms with E-state index in [1.165, 1.54) is 11.3 Å². The van der Waals surface area contributed by atoms with Crippen LogP contribution in [0.4, 0.5) is 10.7 Å². The summed E-state index contributed by atoms with van der Waals surface area (Å²) < 4.78 is 5.62. The van der Waals surface area contributed by atoms with Gasteiger partial charge >= 0.3 is 0 Å². The number of nitrogens with one attached hydrogen (secondary N) is 1. The van der Waals surface area contributed by atoms with Crippen LogP contribution in [0.2, 0.25) is 0 Å². The molecule has 0 atom stereocenters. The Morgan fingerprint density at radius 1 is 1.35 bits per heavy atom. The summed E-state index contributed by atoms with van der Waals surface area (Å²) in [5.41, 5.74) is 11.5. The largest absolute Gasteiger partial charge is 0.486 e. The van der Waals surface area contributed by atoms with Crippen LogP contribution in [0.15, 0.2) is 0 Å². The lowest BCUT2D eigenvalue weighted by Gasteiger charge is -2.14. The molecule has 96 valence electrons. The van der Waals surface area contributed by atoms with Crippen molar-refractivity contribution in [1.29, 1.82) is 0 Å². The molecule has 0 aliphatic heterocycles. The van der Waals surface area contributed by atoms with Crippen molar-refractivity contribution >= 4 is 27.9 Å². The quantitative estimate of drug-likeness (QED) is 0.753. The van der Waals surface area contributed by atoms with Crippen LogP contribution >= 0.6 is 11.3 Å². The normalized spacial score (nSPS) is 10.9. The van der Waals surface area contributed by atoms with Gasteiger partial charge in [-0.3, -0.25) is 4.79 Å². The number of hydrogen-bond donors (Lipinski definition) is 3. The lowest BCUT2D eigenvalue weighted by molar-refractivity contribution is 0.100. The molecule has 5 N–H and O–H groups in total. The van der Waals surface area contributed by atoms with E-state index in [1.54, 1.807) is 0 Å². The standard InChI is InChI=1S/C11H19N3O2S/c1-5(2)14-11-8(16-6(3)4)7(12)9(17-11)10(13)15/h5-6,14H,12H2,1-4H3,(H2,13,15). The Kier molecular flexibility index (Phi) is 4.22. The third-order valence-corrected chi connectivity index (χ3v) is 3.03. The molecule has 5 nitrogen and oxygen atoms in total. The number of nitrogen functional groups attached to an aromatic ring is 1. The number of carbonyl (C=O) groups is 1. The van der Waals surface area contributed by atoms with Gasteiger partial charge in [-0.25, -0.2) is 0 Å². The van der Waals surface area contributed by atoms with Crippen molar-refractivity contribution in [2.75, 3.05) is 11.1 Å². The summed E-state index contributed by atoms with van der Waals surface area (Å²) in [5, 5.41) is 3.95. The molecule has 0 saturated heterocycles. The highest BCUT2D eigenvalue weighted by atomic mass is 32.1. The third kappa shape index (κ3) is 3.26. The van der Waals surface area contributed by atoms with E-state index in [2.05, 4.69) is 5.32 Å². The highest BCUT2D eigenvalue weighted by Crippen LogP contribution is 2.43. The Morgan fingerprint density at radius 3 is 2.35 bits per heavy atom. The Morgan fingerprint density at radius 2 is 1.94 bits per heavy atom. The minimum absolute atomic E-state index is 0.0136. The molecular formula is C11H19N3O2S. The number of thiophene rings is 1. The molecule has 0 fully saturated rings. The van der Waals surface area contributed by atoms with Crippen LogP contribution in [-0.2, 0) is 0 Å². The van der Waals surface area contributed by atoms with Gasteiger partial charge in [-0.15, -0.1) is 11.3 Å². The second kappa shape index (κ2) is 5.27. The fraction of sp³-hybridized carbons (Fsp3) is 0.545. The van der Waals surface area contributed by atoms with E-state index in [0.717, 1.165) is 5.00 Å². The molecule has 0 unspecified atom stereocenters. The molecule has 17 heavy (non-hydrogen) atoms. The Balaban J connectivity index is 3.16. The van der Waals surface area contributed by atoms with Crippen LogP contribution in [0.3, 0.4) is 0 Å². The van der Waals surface area contributed by atoms with E-state index in [4.69, 9.17) is 16.2 Å². The second-order valence-electron chi connectivity index (χ2n) is 4.33. The van der Waals surface area contributed by atoms with E-state index < -0.39 is 5.91 Å². The van der Waals surface area contributed by atoms with Crippen LogP contribution in [0, 0.1) is 0 Å². The Labute approximate surface area is 105 Å². The number of carbonyl (C=O) groups excluding carboxylic acids is 1. The first-order chi connectivity index (χ1) is 7.82. The molecule has 0 saturated carbocycles. The van der Waals surface area contributed by atoms with Gasteiger partial charge in [0.25, 0.3) is 5.91 Å². The number of hydrogen-bond acceptors (Lipinski definition) is 5. The number of rotatable bonds is 5. The monoisotopic (exact) mass is 257 g/mol. The maximum absolute atomic E-state index is 11.2. The molecule has 0 spiro atoms. The van der Waals surface area contributed by atoms with Gasteiger partial charge in [0.2, 0.25) is 0 Å². The summed E-state index contributed by atoms with van der Waals surface area (Å²) in [7, 11) is 0. The SMILES string of the molecule is CC(C)Nc1sc(C(N)=O)c(N)c1OC(C)C. The van der Waals surface area contributed by atoms with Gasteiger partial charge in [-0.2, -0.15) is 0 Å². The number of primary amides is 1. The summed E-state index contributed by atoms with van der Waals surface area (Å²) >= 11 is 1.23. The summed E-state index contributed by atoms with van der Waals surface area (Å²) in [6, 6.07) is 0.225. The van der Waals surface area contributed by atoms with E-state index in [9.17, 15) is 4.79 Å². The fourth-order valence-electron chi connectivity index (χ4n) is 1.32. The smallest absolute Gasteiger partial charge is 0.261 e. The molecule has 0 bridgehead atoms. The van der Waals surface area contributed by atoms with Gasteiger partial charge < -0.3 is 21.5 Å². The molecule has 0 aliphatic rings. The van der Waals surface area contributed by atoms with Gasteiger partial charge in [-0.05, 0) is 27.7 Å². The summed E-state index contributed by atoms with van der Waals surface area (Å²) in [5.74, 6) is -0.00888. The van der Waals surface area contributed by atoms with Crippen molar-refractivity contribution in [1.82, 2.24) is 0 Å². The molecule has 1 rings (SSSR count). The first-order valence-corrected chi connectivity index (χ1v) is 6.29. The van der Waals surface area contributed by atoms with Crippen molar-refractivity contribution in [2.45, 2.75) is 39.8 Å². The maximum atomic E-state index is 11.2. The van der Waals surface area contributed by atoms with E-state index >= 15 is 0 Å². The Hall–Kier alpha value is -1.43. The van der Waals surface area contributed by atoms with Crippen LogP contribution in [0.5, 0.6) is 5.75 Å². The predicted octanol–water partition coefficient (Wildman–Crippen LogP) is 2.04. The van der Waals surface area contributed by atoms with E-state index in [0.29, 0.717) is 16.3 Å². The minimum Gasteiger partial charge on any atom is -0.486 e. The van der Waals surface area contributed by atoms with Crippen LogP contribution in [0.1, 0.15) is 37.4 Å². The molecule has 0 aromatic carbocycles. The average molecular weight is 257 g/mol. The van der Waals surface area contributed by atoms with Gasteiger partial charge in [-0.1, -0.05) is 0 Å². The first kappa shape index (κ1) is 13.6. The van der Waals surface area contributed by atoms with Gasteiger partial charge in [0.05, 0.1) is 6.10 Å². The zero-order valence-electron chi connectivity index (χ0n) is 10.5. The molecule has 1 amide bonds. The molecule has 0 aliphatic carbocycles. The van der Waals surface area contributed by atoms with Crippen molar-refractivity contribution in [3.05, 3.63) is 4.88 Å². The lowest BCUT2D eigenvalue weighted by Crippen LogP contribution is -2.13. The highest BCUT2D eigenvalue weighted by molar-refractivity contribution is 7.19. The van der Waals surface area contributed by atoms with Gasteiger partial charge in [0.1, 0.15) is 15.6 Å². The zero-order valence-corrected chi connectivity index (χ0v) is 11.4. The topological polar surface area (TPSA) is 90.4 Å². The lowest BCUT2D eigenvalue weighted by atomic mass is 10.3. The van der Waals surface area contributed by atoms with Gasteiger partial charge in [0, 0.05) is 6.04 Å². The maximum Gasteiger partial charge on any atom is 0.261 e. The molecule has 1 aromatic heterocycles. The van der Waals surface area contributed by atoms with E-state index in [-0.39, 0.29) is 12.1 Å². The van der Waals surface area contributed by atoms with Gasteiger partial charge in [0.15, 0.2) is 5.75 Å². The fourth-order valence-corrected chi connectivity index (χ4v) is 2.37. The van der Waals surface area contributed by atoms with Crippen LogP contribution in [0.25, 0.3) is 0 Å². The Bertz CT molecular complexity index is 413. The molecule has 1 aromatic rings. The van der Waals surface area contributed by atoms with Crippen molar-refractivity contribution < 1.29 is 9.53 Å². The molecule has 0 radical (unpaired) electrons. The number of amides is 1. The van der Waals surface area contributed by atoms with E-state index in [1.807, 2.05) is 27.7 Å².